The summed E-state index contributed by atoms with van der Waals surface area (Å²) in [6, 6.07) is 5.46. The van der Waals surface area contributed by atoms with E-state index in [1.54, 1.807) is 0 Å². The second-order valence-corrected chi connectivity index (χ2v) is 3.96. The average molecular weight is 223 g/mol. The normalized spacial score (nSPS) is 19.1. The predicted molar refractivity (Wildman–Crippen MR) is 53.7 cm³/mol. The van der Waals surface area contributed by atoms with Crippen LogP contribution in [-0.4, -0.2) is 13.2 Å². The molecule has 0 bridgehead atoms. The molecular weight excluding hydrogens is 212 g/mol. The molecule has 1 saturated heterocycles. The van der Waals surface area contributed by atoms with E-state index in [9.17, 15) is 14.0 Å². The quantitative estimate of drug-likeness (QED) is 0.733. The molecule has 84 valence electrons. The van der Waals surface area contributed by atoms with Gasteiger partial charge in [0.25, 0.3) is 0 Å². The third kappa shape index (κ3) is 1.91. The van der Waals surface area contributed by atoms with Crippen molar-refractivity contribution < 1.29 is 13.5 Å². The lowest BCUT2D eigenvalue weighted by Gasteiger charge is -2.31. The fourth-order valence-corrected chi connectivity index (χ4v) is 2.02. The Bertz CT molecular complexity index is 413. The van der Waals surface area contributed by atoms with Gasteiger partial charge in [-0.25, -0.2) is 8.78 Å². The molecule has 0 atom stereocenters. The molecule has 2 rings (SSSR count). The Balaban J connectivity index is 2.43. The highest BCUT2D eigenvalue weighted by molar-refractivity contribution is 5.33. The van der Waals surface area contributed by atoms with Crippen molar-refractivity contribution in [2.24, 2.45) is 0 Å². The minimum atomic E-state index is -0.804. The first-order valence-electron chi connectivity index (χ1n) is 5.12. The first kappa shape index (κ1) is 11.0. The van der Waals surface area contributed by atoms with E-state index in [-0.39, 0.29) is 0 Å². The minimum absolute atomic E-state index is 0.413. The van der Waals surface area contributed by atoms with Crippen LogP contribution in [0.4, 0.5) is 8.78 Å². The summed E-state index contributed by atoms with van der Waals surface area (Å²) in [7, 11) is 0. The summed E-state index contributed by atoms with van der Waals surface area (Å²) in [6.45, 7) is 0.900. The molecule has 1 aliphatic rings. The van der Waals surface area contributed by atoms with Crippen LogP contribution in [0.1, 0.15) is 18.4 Å². The lowest BCUT2D eigenvalue weighted by Crippen LogP contribution is -2.32. The van der Waals surface area contributed by atoms with Crippen molar-refractivity contribution in [3.05, 3.63) is 35.4 Å². The van der Waals surface area contributed by atoms with Gasteiger partial charge in [0.2, 0.25) is 0 Å². The number of halogens is 2. The maximum atomic E-state index is 13.1. The fraction of sp³-hybridized carbons (Fsp3) is 0.417. The lowest BCUT2D eigenvalue weighted by molar-refractivity contribution is 0.0673. The Labute approximate surface area is 92.5 Å². The molecule has 0 N–H and O–H groups in total. The molecule has 0 saturated carbocycles. The van der Waals surface area contributed by atoms with Crippen LogP contribution in [0.2, 0.25) is 0 Å². The van der Waals surface area contributed by atoms with E-state index in [1.165, 1.54) is 12.1 Å². The van der Waals surface area contributed by atoms with Crippen molar-refractivity contribution in [2.45, 2.75) is 18.3 Å². The second-order valence-electron chi connectivity index (χ2n) is 3.96. The summed E-state index contributed by atoms with van der Waals surface area (Å²) in [5, 5.41) is 9.23. The van der Waals surface area contributed by atoms with Gasteiger partial charge >= 0.3 is 0 Å². The summed E-state index contributed by atoms with van der Waals surface area (Å²) in [6.07, 6.45) is 0.957. The highest BCUT2D eigenvalue weighted by atomic mass is 19.1. The molecular formula is C12H11F2NO. The maximum absolute atomic E-state index is 13.1. The highest BCUT2D eigenvalue weighted by Gasteiger charge is 2.35. The van der Waals surface area contributed by atoms with Gasteiger partial charge < -0.3 is 4.74 Å². The third-order valence-electron chi connectivity index (χ3n) is 2.98. The van der Waals surface area contributed by atoms with Crippen LogP contribution >= 0.6 is 0 Å². The topological polar surface area (TPSA) is 33.0 Å². The first-order valence-corrected chi connectivity index (χ1v) is 5.12. The van der Waals surface area contributed by atoms with E-state index in [0.29, 0.717) is 31.6 Å². The van der Waals surface area contributed by atoms with E-state index >= 15 is 0 Å². The van der Waals surface area contributed by atoms with Crippen molar-refractivity contribution in [1.29, 1.82) is 5.26 Å². The zero-order valence-corrected chi connectivity index (χ0v) is 8.67. The van der Waals surface area contributed by atoms with E-state index in [1.807, 2.05) is 0 Å². The number of rotatable bonds is 1. The van der Waals surface area contributed by atoms with Crippen molar-refractivity contribution >= 4 is 0 Å². The minimum Gasteiger partial charge on any atom is -0.381 e. The van der Waals surface area contributed by atoms with E-state index in [0.717, 1.165) is 6.07 Å². The van der Waals surface area contributed by atoms with Gasteiger partial charge in [0, 0.05) is 19.3 Å². The average Bonchev–Trinajstić information content (AvgIpc) is 2.28. The van der Waals surface area contributed by atoms with Gasteiger partial charge in [-0.05, 0) is 30.5 Å². The molecule has 0 amide bonds. The Morgan fingerprint density at radius 1 is 1.12 bits per heavy atom. The van der Waals surface area contributed by atoms with Crippen LogP contribution in [0.3, 0.4) is 0 Å². The van der Waals surface area contributed by atoms with Crippen LogP contribution in [0.25, 0.3) is 0 Å². The van der Waals surface area contributed by atoms with Crippen LogP contribution in [0, 0.1) is 23.0 Å². The van der Waals surface area contributed by atoms with Crippen molar-refractivity contribution in [2.75, 3.05) is 13.2 Å². The van der Waals surface area contributed by atoms with Crippen LogP contribution in [0.15, 0.2) is 18.2 Å². The van der Waals surface area contributed by atoms with Gasteiger partial charge in [0.15, 0.2) is 0 Å². The number of hydrogen-bond acceptors (Lipinski definition) is 2. The Kier molecular flexibility index (Phi) is 2.88. The number of ether oxygens (including phenoxy) is 1. The predicted octanol–water partition coefficient (Wildman–Crippen LogP) is 2.54. The van der Waals surface area contributed by atoms with Crippen LogP contribution in [-0.2, 0) is 10.2 Å². The van der Waals surface area contributed by atoms with Crippen molar-refractivity contribution in [1.82, 2.24) is 0 Å². The number of hydrogen-bond donors (Lipinski definition) is 0. The standard InChI is InChI=1S/C12H11F2NO/c13-10-5-9(6-11(14)7-10)12(8-15)1-3-16-4-2-12/h5-7H,1-4H2. The summed E-state index contributed by atoms with van der Waals surface area (Å²) >= 11 is 0. The number of benzene rings is 1. The first-order chi connectivity index (χ1) is 7.66. The Hall–Kier alpha value is -1.47. The van der Waals surface area contributed by atoms with Crippen LogP contribution < -0.4 is 0 Å². The molecule has 1 aliphatic heterocycles. The smallest absolute Gasteiger partial charge is 0.126 e. The monoisotopic (exact) mass is 223 g/mol. The van der Waals surface area contributed by atoms with Gasteiger partial charge in [0.1, 0.15) is 11.6 Å². The number of nitriles is 1. The highest BCUT2D eigenvalue weighted by Crippen LogP contribution is 2.34. The third-order valence-corrected chi connectivity index (χ3v) is 2.98. The molecule has 1 aromatic carbocycles. The van der Waals surface area contributed by atoms with Gasteiger partial charge in [-0.2, -0.15) is 5.26 Å². The van der Waals surface area contributed by atoms with E-state index in [2.05, 4.69) is 6.07 Å². The molecule has 0 aliphatic carbocycles. The molecule has 2 nitrogen and oxygen atoms in total. The van der Waals surface area contributed by atoms with E-state index in [4.69, 9.17) is 4.74 Å². The summed E-state index contributed by atoms with van der Waals surface area (Å²) < 4.78 is 31.4. The van der Waals surface area contributed by atoms with Gasteiger partial charge in [0.05, 0.1) is 11.5 Å². The van der Waals surface area contributed by atoms with Gasteiger partial charge in [-0.15, -0.1) is 0 Å². The fourth-order valence-electron chi connectivity index (χ4n) is 2.02. The molecule has 0 radical (unpaired) electrons. The van der Waals surface area contributed by atoms with Gasteiger partial charge in [-0.1, -0.05) is 0 Å². The Morgan fingerprint density at radius 2 is 1.69 bits per heavy atom. The summed E-state index contributed by atoms with van der Waals surface area (Å²) in [4.78, 5) is 0. The SMILES string of the molecule is N#CC1(c2cc(F)cc(F)c2)CCOCC1. The largest absolute Gasteiger partial charge is 0.381 e. The summed E-state index contributed by atoms with van der Waals surface area (Å²) in [5.41, 5.74) is -0.392. The van der Waals surface area contributed by atoms with Crippen molar-refractivity contribution in [3.8, 4) is 6.07 Å². The van der Waals surface area contributed by atoms with E-state index < -0.39 is 17.0 Å². The zero-order valence-electron chi connectivity index (χ0n) is 8.67. The molecule has 1 fully saturated rings. The molecule has 1 heterocycles. The molecule has 4 heteroatoms. The molecule has 16 heavy (non-hydrogen) atoms. The van der Waals surface area contributed by atoms with Gasteiger partial charge in [-0.3, -0.25) is 0 Å². The zero-order chi connectivity index (χ0) is 11.6. The maximum Gasteiger partial charge on any atom is 0.126 e. The van der Waals surface area contributed by atoms with Crippen LogP contribution in [0.5, 0.6) is 0 Å². The molecule has 0 aromatic heterocycles. The molecule has 0 spiro atoms. The summed E-state index contributed by atoms with van der Waals surface area (Å²) in [5.74, 6) is -1.28. The Morgan fingerprint density at radius 3 is 2.19 bits per heavy atom. The molecule has 0 unspecified atom stereocenters. The second kappa shape index (κ2) is 4.18. The lowest BCUT2D eigenvalue weighted by atomic mass is 9.75. The number of nitrogens with zero attached hydrogens (tertiary/aromatic N) is 1. The molecule has 1 aromatic rings. The van der Waals surface area contributed by atoms with Crippen molar-refractivity contribution in [3.63, 3.8) is 0 Å².